The molecule has 0 aromatic carbocycles. The number of carbonyl (C=O) groups is 1. The van der Waals surface area contributed by atoms with Gasteiger partial charge < -0.3 is 4.90 Å². The standard InChI is InChI=1S/C22H27F3N6O/c1-12(2)15-9-19(22(23,24)25)31-20(26-15)10-17(28-31)14-6-7-30(11-14)21(32)18-8-16(13(3)4)27-29(18)5/h8-10,12-14H,6-7,11H2,1-5H3/t14-/m0/s1. The summed E-state index contributed by atoms with van der Waals surface area (Å²) in [7, 11) is 1.74. The molecule has 32 heavy (non-hydrogen) atoms. The Hall–Kier alpha value is -2.91. The van der Waals surface area contributed by atoms with Crippen LogP contribution in [0, 0.1) is 0 Å². The first-order chi connectivity index (χ1) is 15.0. The second-order valence-electron chi connectivity index (χ2n) is 9.03. The third-order valence-electron chi connectivity index (χ3n) is 5.95. The first-order valence-corrected chi connectivity index (χ1v) is 10.8. The number of aromatic nitrogens is 5. The summed E-state index contributed by atoms with van der Waals surface area (Å²) in [4.78, 5) is 19.1. The number of alkyl halides is 3. The third-order valence-corrected chi connectivity index (χ3v) is 5.95. The van der Waals surface area contributed by atoms with E-state index in [2.05, 4.69) is 15.2 Å². The van der Waals surface area contributed by atoms with E-state index in [0.29, 0.717) is 36.6 Å². The number of likely N-dealkylation sites (tertiary alicyclic amines) is 1. The normalized spacial score (nSPS) is 17.3. The molecule has 4 heterocycles. The average molecular weight is 448 g/mol. The molecule has 0 bridgehead atoms. The number of fused-ring (bicyclic) bond motifs is 1. The number of rotatable bonds is 4. The van der Waals surface area contributed by atoms with Gasteiger partial charge in [0.25, 0.3) is 5.91 Å². The molecule has 1 atom stereocenters. The third kappa shape index (κ3) is 3.98. The minimum atomic E-state index is -4.54. The van der Waals surface area contributed by atoms with Gasteiger partial charge in [0, 0.05) is 37.8 Å². The van der Waals surface area contributed by atoms with Crippen LogP contribution in [0.25, 0.3) is 5.65 Å². The molecule has 1 saturated heterocycles. The number of nitrogens with zero attached hydrogens (tertiary/aromatic N) is 6. The maximum absolute atomic E-state index is 13.7. The highest BCUT2D eigenvalue weighted by atomic mass is 19.4. The predicted octanol–water partition coefficient (Wildman–Crippen LogP) is 4.36. The number of halogens is 3. The lowest BCUT2D eigenvalue weighted by Crippen LogP contribution is -2.30. The summed E-state index contributed by atoms with van der Waals surface area (Å²) in [6.45, 7) is 8.54. The zero-order chi connectivity index (χ0) is 23.4. The van der Waals surface area contributed by atoms with E-state index in [-0.39, 0.29) is 29.3 Å². The van der Waals surface area contributed by atoms with Gasteiger partial charge in [0.05, 0.1) is 11.4 Å². The fourth-order valence-electron chi connectivity index (χ4n) is 4.03. The van der Waals surface area contributed by atoms with Crippen molar-refractivity contribution in [3.05, 3.63) is 46.7 Å². The highest BCUT2D eigenvalue weighted by Gasteiger charge is 2.37. The lowest BCUT2D eigenvalue weighted by Gasteiger charge is -2.16. The SMILES string of the molecule is CC(C)c1cc(C(F)(F)F)n2nc([C@H]3CCN(C(=O)c4cc(C(C)C)nn4C)C3)cc2n1. The van der Waals surface area contributed by atoms with Crippen LogP contribution < -0.4 is 0 Å². The van der Waals surface area contributed by atoms with Crippen molar-refractivity contribution < 1.29 is 18.0 Å². The van der Waals surface area contributed by atoms with Gasteiger partial charge >= 0.3 is 6.18 Å². The van der Waals surface area contributed by atoms with E-state index < -0.39 is 11.9 Å². The van der Waals surface area contributed by atoms with Crippen molar-refractivity contribution >= 4 is 11.6 Å². The molecule has 0 radical (unpaired) electrons. The van der Waals surface area contributed by atoms with Gasteiger partial charge in [-0.25, -0.2) is 9.50 Å². The summed E-state index contributed by atoms with van der Waals surface area (Å²) in [5.74, 6) is -0.219. The Bertz CT molecular complexity index is 1160. The van der Waals surface area contributed by atoms with E-state index >= 15 is 0 Å². The van der Waals surface area contributed by atoms with Crippen molar-refractivity contribution in [1.29, 1.82) is 0 Å². The average Bonchev–Trinajstić information content (AvgIpc) is 3.43. The maximum Gasteiger partial charge on any atom is 0.433 e. The van der Waals surface area contributed by atoms with Crippen LogP contribution >= 0.6 is 0 Å². The van der Waals surface area contributed by atoms with Gasteiger partial charge in [-0.05, 0) is 30.4 Å². The van der Waals surface area contributed by atoms with Crippen LogP contribution in [-0.4, -0.2) is 48.3 Å². The highest BCUT2D eigenvalue weighted by Crippen LogP contribution is 2.33. The lowest BCUT2D eigenvalue weighted by atomic mass is 10.1. The molecular weight excluding hydrogens is 421 g/mol. The Labute approximate surface area is 184 Å². The molecule has 3 aromatic heterocycles. The monoisotopic (exact) mass is 448 g/mol. The zero-order valence-corrected chi connectivity index (χ0v) is 18.8. The molecular formula is C22H27F3N6O. The molecule has 1 amide bonds. The summed E-state index contributed by atoms with van der Waals surface area (Å²) in [6.07, 6.45) is -3.91. The van der Waals surface area contributed by atoms with Crippen LogP contribution in [0.4, 0.5) is 13.2 Å². The number of carbonyl (C=O) groups excluding carboxylic acids is 1. The van der Waals surface area contributed by atoms with Crippen molar-refractivity contribution in [2.75, 3.05) is 13.1 Å². The van der Waals surface area contributed by atoms with E-state index in [0.717, 1.165) is 16.3 Å². The molecule has 0 aliphatic carbocycles. The van der Waals surface area contributed by atoms with Gasteiger partial charge in [-0.15, -0.1) is 0 Å². The Kier molecular flexibility index (Phi) is 5.50. The molecule has 0 unspecified atom stereocenters. The van der Waals surface area contributed by atoms with Crippen molar-refractivity contribution in [1.82, 2.24) is 29.3 Å². The van der Waals surface area contributed by atoms with E-state index in [1.54, 1.807) is 42.6 Å². The number of aryl methyl sites for hydroxylation is 1. The van der Waals surface area contributed by atoms with Crippen LogP contribution in [0.1, 0.15) is 85.1 Å². The van der Waals surface area contributed by atoms with Crippen molar-refractivity contribution in [3.63, 3.8) is 0 Å². The molecule has 3 aromatic rings. The first-order valence-electron chi connectivity index (χ1n) is 10.8. The molecule has 1 aliphatic heterocycles. The fraction of sp³-hybridized carbons (Fsp3) is 0.545. The van der Waals surface area contributed by atoms with Crippen LogP contribution in [0.2, 0.25) is 0 Å². The van der Waals surface area contributed by atoms with E-state index in [9.17, 15) is 18.0 Å². The van der Waals surface area contributed by atoms with E-state index in [1.807, 2.05) is 13.8 Å². The van der Waals surface area contributed by atoms with E-state index in [4.69, 9.17) is 0 Å². The number of hydrogen-bond acceptors (Lipinski definition) is 4. The lowest BCUT2D eigenvalue weighted by molar-refractivity contribution is -0.142. The minimum Gasteiger partial charge on any atom is -0.337 e. The largest absolute Gasteiger partial charge is 0.433 e. The van der Waals surface area contributed by atoms with Gasteiger partial charge in [0.2, 0.25) is 0 Å². The number of hydrogen-bond donors (Lipinski definition) is 0. The second kappa shape index (κ2) is 7.90. The molecule has 7 nitrogen and oxygen atoms in total. The summed E-state index contributed by atoms with van der Waals surface area (Å²) < 4.78 is 43.4. The molecule has 10 heteroatoms. The second-order valence-corrected chi connectivity index (χ2v) is 9.03. The van der Waals surface area contributed by atoms with E-state index in [1.165, 1.54) is 0 Å². The molecule has 0 spiro atoms. The maximum atomic E-state index is 13.7. The molecule has 4 rings (SSSR count). The molecule has 0 N–H and O–H groups in total. The van der Waals surface area contributed by atoms with Gasteiger partial charge in [0.1, 0.15) is 11.4 Å². The molecule has 172 valence electrons. The van der Waals surface area contributed by atoms with Crippen LogP contribution in [0.5, 0.6) is 0 Å². The first kappa shape index (κ1) is 22.3. The van der Waals surface area contributed by atoms with Crippen LogP contribution in [0.15, 0.2) is 18.2 Å². The van der Waals surface area contributed by atoms with Crippen LogP contribution in [-0.2, 0) is 13.2 Å². The smallest absolute Gasteiger partial charge is 0.337 e. The minimum absolute atomic E-state index is 0.130. The Morgan fingerprint density at radius 1 is 1.06 bits per heavy atom. The Morgan fingerprint density at radius 3 is 2.34 bits per heavy atom. The predicted molar refractivity (Wildman–Crippen MR) is 113 cm³/mol. The van der Waals surface area contributed by atoms with Gasteiger partial charge in [0.15, 0.2) is 5.65 Å². The quantitative estimate of drug-likeness (QED) is 0.595. The van der Waals surface area contributed by atoms with Gasteiger partial charge in [-0.3, -0.25) is 9.48 Å². The topological polar surface area (TPSA) is 68.3 Å². The molecule has 1 aliphatic rings. The summed E-state index contributed by atoms with van der Waals surface area (Å²) in [5.41, 5.74) is 1.59. The summed E-state index contributed by atoms with van der Waals surface area (Å²) >= 11 is 0. The summed E-state index contributed by atoms with van der Waals surface area (Å²) in [5, 5.41) is 8.65. The van der Waals surface area contributed by atoms with Gasteiger partial charge in [-0.1, -0.05) is 27.7 Å². The van der Waals surface area contributed by atoms with Gasteiger partial charge in [-0.2, -0.15) is 23.4 Å². The molecule has 1 fully saturated rings. The fourth-order valence-corrected chi connectivity index (χ4v) is 4.03. The number of amides is 1. The Morgan fingerprint density at radius 2 is 1.75 bits per heavy atom. The van der Waals surface area contributed by atoms with Crippen molar-refractivity contribution in [2.24, 2.45) is 7.05 Å². The summed E-state index contributed by atoms with van der Waals surface area (Å²) in [6, 6.07) is 4.48. The highest BCUT2D eigenvalue weighted by molar-refractivity contribution is 5.93. The van der Waals surface area contributed by atoms with Crippen molar-refractivity contribution in [3.8, 4) is 0 Å². The van der Waals surface area contributed by atoms with Crippen LogP contribution in [0.3, 0.4) is 0 Å². The zero-order valence-electron chi connectivity index (χ0n) is 18.8. The Balaban J connectivity index is 1.61. The van der Waals surface area contributed by atoms with Crippen molar-refractivity contribution in [2.45, 2.75) is 58.0 Å². The molecule has 0 saturated carbocycles.